The summed E-state index contributed by atoms with van der Waals surface area (Å²) in [6.45, 7) is 2.06. The molecule has 1 amide bonds. The van der Waals surface area contributed by atoms with E-state index < -0.39 is 18.9 Å². The number of anilines is 1. The van der Waals surface area contributed by atoms with Crippen LogP contribution in [0.2, 0.25) is 5.15 Å². The monoisotopic (exact) mass is 291 g/mol. The molecule has 1 aromatic heterocycles. The number of nitrogens with one attached hydrogen (secondary N) is 1. The number of carbonyl (C=O) groups excluding carboxylic acids is 1. The molecule has 0 bridgehead atoms. The van der Waals surface area contributed by atoms with Gasteiger partial charge >= 0.3 is 0 Å². The molecular formula is C12H16ClF2N3O. The Hall–Kier alpha value is -1.43. The van der Waals surface area contributed by atoms with Crippen LogP contribution < -0.4 is 5.32 Å². The molecule has 1 aromatic rings. The van der Waals surface area contributed by atoms with E-state index in [9.17, 15) is 13.6 Å². The second kappa shape index (κ2) is 7.23. The van der Waals surface area contributed by atoms with E-state index in [0.29, 0.717) is 12.4 Å². The Morgan fingerprint density at radius 3 is 2.79 bits per heavy atom. The van der Waals surface area contributed by atoms with Crippen LogP contribution in [0.5, 0.6) is 0 Å². The molecule has 0 fully saturated rings. The molecule has 0 unspecified atom stereocenters. The van der Waals surface area contributed by atoms with Crippen LogP contribution in [-0.2, 0) is 0 Å². The van der Waals surface area contributed by atoms with Crippen LogP contribution in [0.1, 0.15) is 23.7 Å². The molecule has 0 saturated carbocycles. The summed E-state index contributed by atoms with van der Waals surface area (Å²) in [7, 11) is 1.32. The molecule has 7 heteroatoms. The van der Waals surface area contributed by atoms with E-state index in [1.807, 2.05) is 6.92 Å². The molecule has 4 nitrogen and oxygen atoms in total. The molecule has 0 aliphatic carbocycles. The maximum atomic E-state index is 12.2. The molecule has 0 spiro atoms. The van der Waals surface area contributed by atoms with Gasteiger partial charge in [-0.3, -0.25) is 4.79 Å². The van der Waals surface area contributed by atoms with E-state index in [1.165, 1.54) is 19.2 Å². The van der Waals surface area contributed by atoms with E-state index in [1.54, 1.807) is 0 Å². The van der Waals surface area contributed by atoms with Crippen molar-refractivity contribution in [3.05, 3.63) is 22.8 Å². The van der Waals surface area contributed by atoms with Crippen molar-refractivity contribution in [2.75, 3.05) is 25.5 Å². The molecule has 106 valence electrons. The SMILES string of the molecule is CCCNc1cc(C(=O)N(C)CC(F)F)cc(Cl)n1. The minimum absolute atomic E-state index is 0.148. The van der Waals surface area contributed by atoms with Crippen molar-refractivity contribution in [3.8, 4) is 0 Å². The minimum Gasteiger partial charge on any atom is -0.370 e. The summed E-state index contributed by atoms with van der Waals surface area (Å²) in [5, 5.41) is 3.14. The summed E-state index contributed by atoms with van der Waals surface area (Å²) in [5.74, 6) is -0.0488. The molecule has 0 aliphatic rings. The first-order valence-corrected chi connectivity index (χ1v) is 6.27. The van der Waals surface area contributed by atoms with Crippen molar-refractivity contribution in [1.29, 1.82) is 0 Å². The molecule has 19 heavy (non-hydrogen) atoms. The third-order valence-electron chi connectivity index (χ3n) is 2.36. The fourth-order valence-corrected chi connectivity index (χ4v) is 1.68. The lowest BCUT2D eigenvalue weighted by molar-refractivity contribution is 0.0620. The summed E-state index contributed by atoms with van der Waals surface area (Å²) >= 11 is 5.81. The lowest BCUT2D eigenvalue weighted by Crippen LogP contribution is -2.31. The second-order valence-electron chi connectivity index (χ2n) is 4.07. The highest BCUT2D eigenvalue weighted by atomic mass is 35.5. The molecule has 0 atom stereocenters. The van der Waals surface area contributed by atoms with Crippen molar-refractivity contribution >= 4 is 23.3 Å². The van der Waals surface area contributed by atoms with Gasteiger partial charge in [0.1, 0.15) is 11.0 Å². The van der Waals surface area contributed by atoms with Crippen molar-refractivity contribution in [2.45, 2.75) is 19.8 Å². The zero-order chi connectivity index (χ0) is 14.4. The van der Waals surface area contributed by atoms with Gasteiger partial charge in [0.15, 0.2) is 0 Å². The quantitative estimate of drug-likeness (QED) is 0.820. The maximum Gasteiger partial charge on any atom is 0.255 e. The largest absolute Gasteiger partial charge is 0.370 e. The normalized spacial score (nSPS) is 10.6. The summed E-state index contributed by atoms with van der Waals surface area (Å²) < 4.78 is 24.5. The predicted molar refractivity (Wildman–Crippen MR) is 71.0 cm³/mol. The van der Waals surface area contributed by atoms with Gasteiger partial charge in [-0.15, -0.1) is 0 Å². The molecule has 1 heterocycles. The summed E-state index contributed by atoms with van der Waals surface area (Å²) in [6, 6.07) is 2.87. The highest BCUT2D eigenvalue weighted by Crippen LogP contribution is 2.16. The van der Waals surface area contributed by atoms with Crippen LogP contribution in [0.15, 0.2) is 12.1 Å². The van der Waals surface area contributed by atoms with E-state index in [0.717, 1.165) is 11.3 Å². The van der Waals surface area contributed by atoms with Crippen molar-refractivity contribution in [2.24, 2.45) is 0 Å². The number of nitrogens with zero attached hydrogens (tertiary/aromatic N) is 2. The molecule has 0 radical (unpaired) electrons. The van der Waals surface area contributed by atoms with E-state index in [4.69, 9.17) is 11.6 Å². The lowest BCUT2D eigenvalue weighted by Gasteiger charge is -2.17. The third kappa shape index (κ3) is 4.98. The number of hydrogen-bond donors (Lipinski definition) is 1. The van der Waals surface area contributed by atoms with E-state index in [-0.39, 0.29) is 10.7 Å². The van der Waals surface area contributed by atoms with E-state index in [2.05, 4.69) is 10.3 Å². The van der Waals surface area contributed by atoms with Gasteiger partial charge in [0.25, 0.3) is 12.3 Å². The number of alkyl halides is 2. The number of pyridine rings is 1. The Balaban J connectivity index is 2.87. The number of aromatic nitrogens is 1. The van der Waals surface area contributed by atoms with Crippen molar-refractivity contribution in [1.82, 2.24) is 9.88 Å². The number of hydrogen-bond acceptors (Lipinski definition) is 3. The van der Waals surface area contributed by atoms with Crippen LogP contribution in [0.4, 0.5) is 14.6 Å². The van der Waals surface area contributed by atoms with Crippen LogP contribution in [0.25, 0.3) is 0 Å². The topological polar surface area (TPSA) is 45.2 Å². The van der Waals surface area contributed by atoms with Gasteiger partial charge in [-0.2, -0.15) is 0 Å². The van der Waals surface area contributed by atoms with Gasteiger partial charge in [0, 0.05) is 19.2 Å². The average Bonchev–Trinajstić information content (AvgIpc) is 2.33. The minimum atomic E-state index is -2.57. The fourth-order valence-electron chi connectivity index (χ4n) is 1.47. The van der Waals surface area contributed by atoms with Gasteiger partial charge in [0.2, 0.25) is 0 Å². The summed E-state index contributed by atoms with van der Waals surface area (Å²) in [4.78, 5) is 16.9. The number of carbonyl (C=O) groups is 1. The van der Waals surface area contributed by atoms with Gasteiger partial charge in [-0.25, -0.2) is 13.8 Å². The van der Waals surface area contributed by atoms with Crippen LogP contribution in [-0.4, -0.2) is 42.4 Å². The maximum absolute atomic E-state index is 12.2. The number of amides is 1. The van der Waals surface area contributed by atoms with Gasteiger partial charge in [-0.05, 0) is 18.6 Å². The zero-order valence-electron chi connectivity index (χ0n) is 10.8. The number of rotatable bonds is 6. The van der Waals surface area contributed by atoms with Crippen molar-refractivity contribution in [3.63, 3.8) is 0 Å². The number of halogens is 3. The molecule has 1 N–H and O–H groups in total. The Kier molecular flexibility index (Phi) is 5.95. The highest BCUT2D eigenvalue weighted by molar-refractivity contribution is 6.29. The first kappa shape index (κ1) is 15.6. The molecule has 1 rings (SSSR count). The van der Waals surface area contributed by atoms with Crippen LogP contribution in [0, 0.1) is 0 Å². The summed E-state index contributed by atoms with van der Waals surface area (Å²) in [6.07, 6.45) is -1.67. The molecule has 0 aromatic carbocycles. The Morgan fingerprint density at radius 1 is 1.53 bits per heavy atom. The first-order chi connectivity index (χ1) is 8.93. The Labute approximate surface area is 115 Å². The fraction of sp³-hybridized carbons (Fsp3) is 0.500. The second-order valence-corrected chi connectivity index (χ2v) is 4.45. The van der Waals surface area contributed by atoms with Gasteiger partial charge in [-0.1, -0.05) is 18.5 Å². The Bertz CT molecular complexity index is 443. The predicted octanol–water partition coefficient (Wildman–Crippen LogP) is 2.89. The first-order valence-electron chi connectivity index (χ1n) is 5.89. The smallest absolute Gasteiger partial charge is 0.255 e. The average molecular weight is 292 g/mol. The van der Waals surface area contributed by atoms with Crippen LogP contribution >= 0.6 is 11.6 Å². The lowest BCUT2D eigenvalue weighted by atomic mass is 10.2. The van der Waals surface area contributed by atoms with Gasteiger partial charge < -0.3 is 10.2 Å². The highest BCUT2D eigenvalue weighted by Gasteiger charge is 2.17. The zero-order valence-corrected chi connectivity index (χ0v) is 11.5. The summed E-state index contributed by atoms with van der Waals surface area (Å²) in [5.41, 5.74) is 0.238. The molecular weight excluding hydrogens is 276 g/mol. The standard InChI is InChI=1S/C12H16ClF2N3O/c1-3-4-16-11-6-8(5-9(13)17-11)12(19)18(2)7-10(14)15/h5-6,10H,3-4,7H2,1-2H3,(H,16,17). The van der Waals surface area contributed by atoms with Crippen molar-refractivity contribution < 1.29 is 13.6 Å². The van der Waals surface area contributed by atoms with Gasteiger partial charge in [0.05, 0.1) is 6.54 Å². The molecule has 0 saturated heterocycles. The Morgan fingerprint density at radius 2 is 2.21 bits per heavy atom. The van der Waals surface area contributed by atoms with E-state index >= 15 is 0 Å². The molecule has 0 aliphatic heterocycles. The van der Waals surface area contributed by atoms with Crippen LogP contribution in [0.3, 0.4) is 0 Å². The third-order valence-corrected chi connectivity index (χ3v) is 2.55.